The molecule has 76 valence electrons. The Balaban J connectivity index is 2.79. The highest BCUT2D eigenvalue weighted by atomic mass is 32.2. The van der Waals surface area contributed by atoms with Crippen LogP contribution in [0.2, 0.25) is 0 Å². The Bertz CT molecular complexity index is 222. The van der Waals surface area contributed by atoms with Gasteiger partial charge in [-0.3, -0.25) is 4.79 Å². The van der Waals surface area contributed by atoms with Crippen LogP contribution in [0.5, 0.6) is 0 Å². The van der Waals surface area contributed by atoms with Crippen molar-refractivity contribution < 1.29 is 18.0 Å². The molecule has 1 heterocycles. The molecule has 0 bridgehead atoms. The first-order chi connectivity index (χ1) is 5.75. The van der Waals surface area contributed by atoms with Gasteiger partial charge in [-0.25, -0.2) is 0 Å². The van der Waals surface area contributed by atoms with Crippen molar-refractivity contribution in [2.45, 2.75) is 31.2 Å². The molecule has 1 saturated heterocycles. The van der Waals surface area contributed by atoms with Gasteiger partial charge in [0.15, 0.2) is 0 Å². The molecule has 0 aliphatic carbocycles. The summed E-state index contributed by atoms with van der Waals surface area (Å²) in [6.45, 7) is 3.39. The SMILES string of the molecule is CC1(C)SCCC1C(=O)C(F)(F)F. The van der Waals surface area contributed by atoms with Crippen LogP contribution in [0.15, 0.2) is 0 Å². The van der Waals surface area contributed by atoms with E-state index in [4.69, 9.17) is 0 Å². The molecule has 1 aliphatic rings. The molecule has 0 saturated carbocycles. The fraction of sp³-hybridized carbons (Fsp3) is 0.875. The first-order valence-electron chi connectivity index (χ1n) is 4.00. The maximum Gasteiger partial charge on any atom is 0.450 e. The number of ketones is 1. The van der Waals surface area contributed by atoms with Crippen LogP contribution in [0.25, 0.3) is 0 Å². The summed E-state index contributed by atoms with van der Waals surface area (Å²) in [5, 5.41) is 0. The zero-order valence-corrected chi connectivity index (χ0v) is 8.26. The standard InChI is InChI=1S/C8H11F3OS/c1-7(2)5(3-4-13-7)6(12)8(9,10)11/h5H,3-4H2,1-2H3. The summed E-state index contributed by atoms with van der Waals surface area (Å²) in [4.78, 5) is 10.9. The predicted molar refractivity (Wildman–Crippen MR) is 45.7 cm³/mol. The van der Waals surface area contributed by atoms with E-state index in [1.807, 2.05) is 0 Å². The van der Waals surface area contributed by atoms with Gasteiger partial charge in [0, 0.05) is 10.7 Å². The minimum Gasteiger partial charge on any atom is -0.289 e. The summed E-state index contributed by atoms with van der Waals surface area (Å²) >= 11 is 1.43. The highest BCUT2D eigenvalue weighted by molar-refractivity contribution is 8.00. The zero-order chi connectivity index (χ0) is 10.3. The van der Waals surface area contributed by atoms with Gasteiger partial charge in [0.2, 0.25) is 5.78 Å². The maximum absolute atomic E-state index is 12.1. The second-order valence-electron chi connectivity index (χ2n) is 3.66. The molecular weight excluding hydrogens is 201 g/mol. The topological polar surface area (TPSA) is 17.1 Å². The van der Waals surface area contributed by atoms with E-state index in [0.29, 0.717) is 12.2 Å². The van der Waals surface area contributed by atoms with Gasteiger partial charge in [0.1, 0.15) is 0 Å². The molecule has 0 spiro atoms. The highest BCUT2D eigenvalue weighted by Gasteiger charge is 2.50. The number of thioether (sulfide) groups is 1. The summed E-state index contributed by atoms with van der Waals surface area (Å²) in [5.41, 5.74) is 0. The van der Waals surface area contributed by atoms with Crippen molar-refractivity contribution in [3.05, 3.63) is 0 Å². The summed E-state index contributed by atoms with van der Waals surface area (Å²) in [7, 11) is 0. The Morgan fingerprint density at radius 2 is 2.00 bits per heavy atom. The number of hydrogen-bond donors (Lipinski definition) is 0. The monoisotopic (exact) mass is 212 g/mol. The summed E-state index contributed by atoms with van der Waals surface area (Å²) in [5.74, 6) is -1.79. The molecular formula is C8H11F3OS. The van der Waals surface area contributed by atoms with Crippen LogP contribution in [-0.4, -0.2) is 22.5 Å². The van der Waals surface area contributed by atoms with Gasteiger partial charge in [-0.1, -0.05) is 0 Å². The van der Waals surface area contributed by atoms with E-state index < -0.39 is 22.6 Å². The average molecular weight is 212 g/mol. The summed E-state index contributed by atoms with van der Waals surface area (Å²) in [6.07, 6.45) is -4.33. The lowest BCUT2D eigenvalue weighted by atomic mass is 9.88. The van der Waals surface area contributed by atoms with Crippen LogP contribution in [0, 0.1) is 5.92 Å². The molecule has 1 aliphatic heterocycles. The molecule has 1 atom stereocenters. The number of alkyl halides is 3. The van der Waals surface area contributed by atoms with E-state index >= 15 is 0 Å². The minimum absolute atomic E-state index is 0.343. The number of rotatable bonds is 1. The van der Waals surface area contributed by atoms with E-state index in [2.05, 4.69) is 0 Å². The van der Waals surface area contributed by atoms with Crippen molar-refractivity contribution in [2.24, 2.45) is 5.92 Å². The van der Waals surface area contributed by atoms with Crippen molar-refractivity contribution in [3.8, 4) is 0 Å². The highest BCUT2D eigenvalue weighted by Crippen LogP contribution is 2.45. The first kappa shape index (κ1) is 10.9. The Labute approximate surface area is 79.1 Å². The first-order valence-corrected chi connectivity index (χ1v) is 4.99. The van der Waals surface area contributed by atoms with Crippen LogP contribution in [0.1, 0.15) is 20.3 Å². The van der Waals surface area contributed by atoms with E-state index in [9.17, 15) is 18.0 Å². The number of hydrogen-bond acceptors (Lipinski definition) is 2. The van der Waals surface area contributed by atoms with E-state index in [1.165, 1.54) is 11.8 Å². The summed E-state index contributed by atoms with van der Waals surface area (Å²) in [6, 6.07) is 0. The predicted octanol–water partition coefficient (Wildman–Crippen LogP) is 2.65. The molecule has 1 nitrogen and oxygen atoms in total. The summed E-state index contributed by atoms with van der Waals surface area (Å²) < 4.78 is 35.7. The second kappa shape index (κ2) is 3.19. The van der Waals surface area contributed by atoms with Crippen LogP contribution < -0.4 is 0 Å². The van der Waals surface area contributed by atoms with E-state index in [1.54, 1.807) is 13.8 Å². The lowest BCUT2D eigenvalue weighted by Crippen LogP contribution is -2.38. The lowest BCUT2D eigenvalue weighted by molar-refractivity contribution is -0.176. The maximum atomic E-state index is 12.1. The van der Waals surface area contributed by atoms with Gasteiger partial charge in [0.25, 0.3) is 0 Å². The molecule has 0 N–H and O–H groups in total. The molecule has 1 unspecified atom stereocenters. The van der Waals surface area contributed by atoms with Gasteiger partial charge in [-0.05, 0) is 26.0 Å². The third-order valence-electron chi connectivity index (χ3n) is 2.32. The van der Waals surface area contributed by atoms with Gasteiger partial charge >= 0.3 is 6.18 Å². The normalized spacial score (nSPS) is 27.6. The molecule has 5 heteroatoms. The molecule has 0 aromatic heterocycles. The second-order valence-corrected chi connectivity index (χ2v) is 5.40. The third-order valence-corrected chi connectivity index (χ3v) is 3.78. The van der Waals surface area contributed by atoms with Crippen LogP contribution in [0.4, 0.5) is 13.2 Å². The third kappa shape index (κ3) is 2.18. The Morgan fingerprint density at radius 1 is 1.46 bits per heavy atom. The van der Waals surface area contributed by atoms with Crippen molar-refractivity contribution in [2.75, 3.05) is 5.75 Å². The molecule has 0 radical (unpaired) electrons. The number of halogens is 3. The smallest absolute Gasteiger partial charge is 0.289 e. The van der Waals surface area contributed by atoms with Crippen molar-refractivity contribution in [3.63, 3.8) is 0 Å². The molecule has 13 heavy (non-hydrogen) atoms. The zero-order valence-electron chi connectivity index (χ0n) is 7.44. The van der Waals surface area contributed by atoms with Gasteiger partial charge in [0.05, 0.1) is 0 Å². The number of carbonyl (C=O) groups excluding carboxylic acids is 1. The average Bonchev–Trinajstić information content (AvgIpc) is 2.26. The Kier molecular flexibility index (Phi) is 2.67. The van der Waals surface area contributed by atoms with Crippen molar-refractivity contribution >= 4 is 17.5 Å². The molecule has 0 amide bonds. The lowest BCUT2D eigenvalue weighted by Gasteiger charge is -2.25. The van der Waals surface area contributed by atoms with Gasteiger partial charge in [-0.15, -0.1) is 0 Å². The fourth-order valence-corrected chi connectivity index (χ4v) is 2.84. The number of carbonyl (C=O) groups is 1. The fourth-order valence-electron chi connectivity index (χ4n) is 1.53. The molecule has 1 fully saturated rings. The van der Waals surface area contributed by atoms with Crippen molar-refractivity contribution in [1.82, 2.24) is 0 Å². The van der Waals surface area contributed by atoms with E-state index in [-0.39, 0.29) is 0 Å². The van der Waals surface area contributed by atoms with Crippen LogP contribution in [-0.2, 0) is 4.79 Å². The largest absolute Gasteiger partial charge is 0.450 e. The molecule has 1 rings (SSSR count). The van der Waals surface area contributed by atoms with Crippen LogP contribution in [0.3, 0.4) is 0 Å². The van der Waals surface area contributed by atoms with E-state index in [0.717, 1.165) is 0 Å². The minimum atomic E-state index is -4.67. The Morgan fingerprint density at radius 3 is 2.31 bits per heavy atom. The van der Waals surface area contributed by atoms with Crippen LogP contribution >= 0.6 is 11.8 Å². The Hall–Kier alpha value is -0.190. The van der Waals surface area contributed by atoms with Gasteiger partial charge < -0.3 is 0 Å². The molecule has 0 aromatic rings. The van der Waals surface area contributed by atoms with Gasteiger partial charge in [-0.2, -0.15) is 24.9 Å². The van der Waals surface area contributed by atoms with Crippen molar-refractivity contribution in [1.29, 1.82) is 0 Å². The quantitative estimate of drug-likeness (QED) is 0.664. The number of Topliss-reactive ketones (excluding diaryl/α,β-unsaturated/α-hetero) is 1. The molecule has 0 aromatic carbocycles.